The van der Waals surface area contributed by atoms with E-state index in [0.29, 0.717) is 12.8 Å². The van der Waals surface area contributed by atoms with Crippen LogP contribution in [0.5, 0.6) is 0 Å². The Morgan fingerprint density at radius 2 is 1.00 bits per heavy atom. The normalized spacial score (nSPS) is 26.8. The Morgan fingerprint density at radius 3 is 1.52 bits per heavy atom. The highest BCUT2D eigenvalue weighted by Crippen LogP contribution is 2.30. The molecule has 9 N–H and O–H groups in total. The Balaban J connectivity index is 1.58. The van der Waals surface area contributed by atoms with Crippen LogP contribution in [0.15, 0.2) is 72.9 Å². The lowest BCUT2D eigenvalue weighted by Gasteiger charge is -2.46. The zero-order chi connectivity index (χ0) is 50.3. The van der Waals surface area contributed by atoms with Crippen LogP contribution in [0, 0.1) is 0 Å². The van der Waals surface area contributed by atoms with Crippen molar-refractivity contribution in [3.05, 3.63) is 72.9 Å². The maximum Gasteiger partial charge on any atom is 0.220 e. The molecule has 0 aromatic rings. The van der Waals surface area contributed by atoms with Gasteiger partial charge in [-0.15, -0.1) is 0 Å². The first kappa shape index (κ1) is 62.5. The van der Waals surface area contributed by atoms with Gasteiger partial charge in [-0.05, 0) is 64.2 Å². The Bertz CT molecular complexity index is 1430. The zero-order valence-corrected chi connectivity index (χ0v) is 42.3. The fourth-order valence-corrected chi connectivity index (χ4v) is 8.36. The summed E-state index contributed by atoms with van der Waals surface area (Å²) in [6.07, 6.45) is 35.7. The van der Waals surface area contributed by atoms with E-state index < -0.39 is 86.8 Å². The number of carbonyl (C=O) groups is 1. The van der Waals surface area contributed by atoms with Crippen molar-refractivity contribution in [3.63, 3.8) is 0 Å². The van der Waals surface area contributed by atoms with E-state index >= 15 is 0 Å². The monoisotopic (exact) mass is 978 g/mol. The van der Waals surface area contributed by atoms with E-state index in [2.05, 4.69) is 92.1 Å². The summed E-state index contributed by atoms with van der Waals surface area (Å²) in [6, 6.07) is -0.828. The summed E-state index contributed by atoms with van der Waals surface area (Å²) < 4.78 is 22.6. The Kier molecular flexibility index (Phi) is 37.1. The second kappa shape index (κ2) is 41.0. The molecule has 2 heterocycles. The zero-order valence-electron chi connectivity index (χ0n) is 42.3. The molecule has 2 fully saturated rings. The SMILES string of the molecule is CC/C=C\C/C=C\C/C=C\C/C=C\C/C=C\C/C=C\CCCCCCCCCCCCCCC(=O)NC(COC1OC(CO)C(OC2OC(CO)C(O)C(O)C2O)C(O)C1O)C(O)CCCCCC. The number of hydrogen-bond donors (Lipinski definition) is 9. The highest BCUT2D eigenvalue weighted by atomic mass is 16.7. The lowest BCUT2D eigenvalue weighted by molar-refractivity contribution is -0.359. The average Bonchev–Trinajstić information content (AvgIpc) is 3.35. The molecule has 12 unspecified atom stereocenters. The number of amides is 1. The van der Waals surface area contributed by atoms with Gasteiger partial charge in [0.05, 0.1) is 32.0 Å². The van der Waals surface area contributed by atoms with E-state index in [0.717, 1.165) is 96.3 Å². The first-order valence-corrected chi connectivity index (χ1v) is 26.7. The van der Waals surface area contributed by atoms with Gasteiger partial charge >= 0.3 is 0 Å². The summed E-state index contributed by atoms with van der Waals surface area (Å²) in [4.78, 5) is 13.1. The number of rotatable bonds is 40. The van der Waals surface area contributed by atoms with Gasteiger partial charge in [0.15, 0.2) is 12.6 Å². The van der Waals surface area contributed by atoms with Crippen molar-refractivity contribution in [2.75, 3.05) is 19.8 Å². The van der Waals surface area contributed by atoms with E-state index in [9.17, 15) is 45.6 Å². The molecule has 398 valence electrons. The molecule has 2 saturated heterocycles. The fourth-order valence-electron chi connectivity index (χ4n) is 8.36. The van der Waals surface area contributed by atoms with Crippen LogP contribution in [0.1, 0.15) is 174 Å². The van der Waals surface area contributed by atoms with E-state index in [-0.39, 0.29) is 12.5 Å². The van der Waals surface area contributed by atoms with Gasteiger partial charge in [0.2, 0.25) is 5.91 Å². The quantitative estimate of drug-likeness (QED) is 0.0213. The summed E-state index contributed by atoms with van der Waals surface area (Å²) in [7, 11) is 0. The van der Waals surface area contributed by atoms with Gasteiger partial charge in [-0.2, -0.15) is 0 Å². The first-order chi connectivity index (χ1) is 33.6. The van der Waals surface area contributed by atoms with Crippen LogP contribution < -0.4 is 5.32 Å². The number of hydrogen-bond acceptors (Lipinski definition) is 13. The largest absolute Gasteiger partial charge is 0.394 e. The Morgan fingerprint density at radius 1 is 0.536 bits per heavy atom. The van der Waals surface area contributed by atoms with Gasteiger partial charge in [-0.1, -0.05) is 177 Å². The standard InChI is InChI=1S/C55H95NO13/c1-3-5-7-9-10-11-12-13-14-15-16-17-18-19-20-21-22-23-24-25-26-27-28-29-30-31-32-33-34-35-37-39-47(60)56-43(44(59)38-36-8-6-4-2)42-66-54-52(65)50(63)53(46(41-58)68-54)69-55-51(64)49(62)48(61)45(40-57)67-55/h5,7,10-11,13-14,16-17,19-20,22-23,43-46,48-55,57-59,61-65H,3-4,6,8-9,12,15,18,21,24-42H2,1-2H3,(H,56,60)/b7-5-,11-10-,14-13-,17-16-,20-19-,23-22-. The fraction of sp³-hybridized carbons (Fsp3) is 0.764. The molecule has 14 heteroatoms. The molecule has 14 nitrogen and oxygen atoms in total. The Hall–Kier alpha value is -2.57. The second-order valence-corrected chi connectivity index (χ2v) is 18.6. The molecule has 12 atom stereocenters. The molecular formula is C55H95NO13. The molecule has 1 amide bonds. The molecule has 0 spiro atoms. The van der Waals surface area contributed by atoms with Crippen molar-refractivity contribution < 1.29 is 64.6 Å². The third-order valence-corrected chi connectivity index (χ3v) is 12.7. The van der Waals surface area contributed by atoms with Crippen LogP contribution in [0.3, 0.4) is 0 Å². The number of aliphatic hydroxyl groups is 8. The molecule has 0 aliphatic carbocycles. The van der Waals surface area contributed by atoms with E-state index in [1.165, 1.54) is 51.4 Å². The van der Waals surface area contributed by atoms with Gasteiger partial charge in [0, 0.05) is 6.42 Å². The maximum absolute atomic E-state index is 13.1. The van der Waals surface area contributed by atoms with Crippen LogP contribution >= 0.6 is 0 Å². The highest BCUT2D eigenvalue weighted by Gasteiger charge is 2.51. The van der Waals surface area contributed by atoms with Crippen molar-refractivity contribution in [1.29, 1.82) is 0 Å². The van der Waals surface area contributed by atoms with Crippen molar-refractivity contribution in [1.82, 2.24) is 5.32 Å². The number of aliphatic hydroxyl groups excluding tert-OH is 8. The maximum atomic E-state index is 13.1. The van der Waals surface area contributed by atoms with Crippen LogP contribution in [0.25, 0.3) is 0 Å². The minimum atomic E-state index is -1.78. The third-order valence-electron chi connectivity index (χ3n) is 12.7. The molecule has 0 saturated carbocycles. The topological polar surface area (TPSA) is 228 Å². The molecule has 2 aliphatic heterocycles. The third kappa shape index (κ3) is 27.7. The molecular weight excluding hydrogens is 883 g/mol. The van der Waals surface area contributed by atoms with Gasteiger partial charge in [0.1, 0.15) is 48.8 Å². The predicted molar refractivity (Wildman–Crippen MR) is 272 cm³/mol. The van der Waals surface area contributed by atoms with Crippen molar-refractivity contribution in [2.45, 2.75) is 248 Å². The van der Waals surface area contributed by atoms with Gasteiger partial charge in [-0.3, -0.25) is 4.79 Å². The summed E-state index contributed by atoms with van der Waals surface area (Å²) >= 11 is 0. The van der Waals surface area contributed by atoms with Crippen LogP contribution in [-0.4, -0.2) is 140 Å². The predicted octanol–water partition coefficient (Wildman–Crippen LogP) is 7.60. The minimum absolute atomic E-state index is 0.222. The average molecular weight is 978 g/mol. The van der Waals surface area contributed by atoms with Crippen LogP contribution in [0.4, 0.5) is 0 Å². The summed E-state index contributed by atoms with van der Waals surface area (Å²) in [5.41, 5.74) is 0. The minimum Gasteiger partial charge on any atom is -0.394 e. The summed E-state index contributed by atoms with van der Waals surface area (Å²) in [5.74, 6) is -0.222. The Labute approximate surface area is 415 Å². The van der Waals surface area contributed by atoms with Gasteiger partial charge in [0.25, 0.3) is 0 Å². The molecule has 0 aromatic heterocycles. The second-order valence-electron chi connectivity index (χ2n) is 18.6. The highest BCUT2D eigenvalue weighted by molar-refractivity contribution is 5.76. The molecule has 69 heavy (non-hydrogen) atoms. The van der Waals surface area contributed by atoms with Crippen molar-refractivity contribution >= 4 is 5.91 Å². The summed E-state index contributed by atoms with van der Waals surface area (Å²) in [6.45, 7) is 2.58. The number of unbranched alkanes of at least 4 members (excludes halogenated alkanes) is 15. The van der Waals surface area contributed by atoms with Crippen LogP contribution in [0.2, 0.25) is 0 Å². The molecule has 0 aromatic carbocycles. The van der Waals surface area contributed by atoms with E-state index in [1.54, 1.807) is 0 Å². The van der Waals surface area contributed by atoms with E-state index in [4.69, 9.17) is 18.9 Å². The number of carbonyl (C=O) groups excluding carboxylic acids is 1. The van der Waals surface area contributed by atoms with Crippen molar-refractivity contribution in [3.8, 4) is 0 Å². The lowest BCUT2D eigenvalue weighted by Crippen LogP contribution is -2.65. The number of nitrogens with one attached hydrogen (secondary N) is 1. The number of ether oxygens (including phenoxy) is 4. The molecule has 2 rings (SSSR count). The lowest BCUT2D eigenvalue weighted by atomic mass is 9.97. The first-order valence-electron chi connectivity index (χ1n) is 26.7. The van der Waals surface area contributed by atoms with Crippen molar-refractivity contribution in [2.24, 2.45) is 0 Å². The molecule has 0 bridgehead atoms. The summed E-state index contributed by atoms with van der Waals surface area (Å²) in [5, 5.41) is 86.3. The molecule has 0 radical (unpaired) electrons. The van der Waals surface area contributed by atoms with Gasteiger partial charge in [-0.25, -0.2) is 0 Å². The molecule has 2 aliphatic rings. The number of allylic oxidation sites excluding steroid dienone is 12. The smallest absolute Gasteiger partial charge is 0.220 e. The van der Waals surface area contributed by atoms with E-state index in [1.807, 2.05) is 0 Å². The van der Waals surface area contributed by atoms with Gasteiger partial charge < -0.3 is 65.1 Å². The van der Waals surface area contributed by atoms with Crippen LogP contribution in [-0.2, 0) is 23.7 Å².